The summed E-state index contributed by atoms with van der Waals surface area (Å²) in [5.41, 5.74) is 2.19. The zero-order valence-corrected chi connectivity index (χ0v) is 13.6. The summed E-state index contributed by atoms with van der Waals surface area (Å²) in [6, 6.07) is 2.14. The van der Waals surface area contributed by atoms with Crippen LogP contribution in [0.4, 0.5) is 5.82 Å². The molecule has 0 unspecified atom stereocenters. The van der Waals surface area contributed by atoms with E-state index in [1.807, 2.05) is 16.9 Å². The molecule has 2 aromatic rings. The third-order valence-corrected chi connectivity index (χ3v) is 3.82. The topological polar surface area (TPSA) is 42.2 Å². The van der Waals surface area contributed by atoms with Crippen molar-refractivity contribution < 1.29 is 0 Å². The fourth-order valence-corrected chi connectivity index (χ4v) is 2.47. The van der Waals surface area contributed by atoms with Gasteiger partial charge in [-0.05, 0) is 18.4 Å². The second kappa shape index (κ2) is 8.01. The molecule has 0 bridgehead atoms. The van der Waals surface area contributed by atoms with Crippen LogP contribution in [-0.4, -0.2) is 21.1 Å². The van der Waals surface area contributed by atoms with E-state index in [4.69, 9.17) is 0 Å². The molecule has 0 amide bonds. The predicted molar refractivity (Wildman–Crippen MR) is 88.9 cm³/mol. The maximum atomic E-state index is 4.59. The number of aromatic nitrogens is 3. The van der Waals surface area contributed by atoms with Crippen molar-refractivity contribution in [2.24, 2.45) is 0 Å². The first-order valence-electron chi connectivity index (χ1n) is 8.30. The zero-order valence-electron chi connectivity index (χ0n) is 13.6. The average molecular weight is 288 g/mol. The third kappa shape index (κ3) is 4.45. The number of hydrogen-bond donors (Lipinski definition) is 1. The molecule has 0 saturated carbocycles. The molecule has 4 heteroatoms. The first kappa shape index (κ1) is 15.8. The van der Waals surface area contributed by atoms with Crippen LogP contribution in [0, 0.1) is 0 Å². The Hall–Kier alpha value is -1.58. The summed E-state index contributed by atoms with van der Waals surface area (Å²) in [5.74, 6) is 1.39. The van der Waals surface area contributed by atoms with Crippen molar-refractivity contribution in [3.63, 3.8) is 0 Å². The summed E-state index contributed by atoms with van der Waals surface area (Å²) >= 11 is 0. The van der Waals surface area contributed by atoms with Crippen LogP contribution in [0.1, 0.15) is 70.9 Å². The van der Waals surface area contributed by atoms with Gasteiger partial charge in [-0.2, -0.15) is 5.10 Å². The van der Waals surface area contributed by atoms with Crippen molar-refractivity contribution in [1.29, 1.82) is 0 Å². The highest BCUT2D eigenvalue weighted by Crippen LogP contribution is 2.19. The number of hydrogen-bond acceptors (Lipinski definition) is 3. The number of fused-ring (bicyclic) bond motifs is 1. The minimum absolute atomic E-state index is 0.441. The fraction of sp³-hybridized carbons (Fsp3) is 0.647. The molecular weight excluding hydrogens is 260 g/mol. The minimum atomic E-state index is 0.441. The van der Waals surface area contributed by atoms with Crippen LogP contribution in [0.2, 0.25) is 0 Å². The molecule has 1 N–H and O–H groups in total. The van der Waals surface area contributed by atoms with Crippen molar-refractivity contribution in [2.45, 2.75) is 65.2 Å². The van der Waals surface area contributed by atoms with Gasteiger partial charge in [0.2, 0.25) is 0 Å². The first-order chi connectivity index (χ1) is 10.2. The summed E-state index contributed by atoms with van der Waals surface area (Å²) in [7, 11) is 0. The molecule has 2 heterocycles. The van der Waals surface area contributed by atoms with E-state index in [1.165, 1.54) is 38.5 Å². The molecular formula is C17H28N4. The van der Waals surface area contributed by atoms with Gasteiger partial charge in [0.1, 0.15) is 5.52 Å². The largest absolute Gasteiger partial charge is 0.368 e. The molecule has 116 valence electrons. The molecule has 0 saturated heterocycles. The van der Waals surface area contributed by atoms with Crippen LogP contribution >= 0.6 is 0 Å². The van der Waals surface area contributed by atoms with Gasteiger partial charge in [0, 0.05) is 18.9 Å². The second-order valence-corrected chi connectivity index (χ2v) is 6.02. The summed E-state index contributed by atoms with van der Waals surface area (Å²) in [4.78, 5) is 4.45. The van der Waals surface area contributed by atoms with Crippen LogP contribution in [-0.2, 0) is 0 Å². The Kier molecular flexibility index (Phi) is 6.03. The molecule has 2 rings (SSSR count). The van der Waals surface area contributed by atoms with Crippen LogP contribution in [0.25, 0.3) is 5.52 Å². The fourth-order valence-electron chi connectivity index (χ4n) is 2.47. The molecule has 0 atom stereocenters. The van der Waals surface area contributed by atoms with Crippen LogP contribution in [0.15, 0.2) is 18.5 Å². The summed E-state index contributed by atoms with van der Waals surface area (Å²) in [5, 5.41) is 8.05. The van der Waals surface area contributed by atoms with Gasteiger partial charge in [-0.1, -0.05) is 52.9 Å². The van der Waals surface area contributed by atoms with Gasteiger partial charge < -0.3 is 5.32 Å². The molecule has 0 spiro atoms. The molecule has 0 radical (unpaired) electrons. The SMILES string of the molecule is CCCCCCCCNc1nccn2nc(C(C)C)cc12. The van der Waals surface area contributed by atoms with E-state index in [9.17, 15) is 0 Å². The Morgan fingerprint density at radius 1 is 1.14 bits per heavy atom. The molecule has 0 fully saturated rings. The normalized spacial score (nSPS) is 11.4. The number of rotatable bonds is 9. The molecule has 0 aliphatic carbocycles. The summed E-state index contributed by atoms with van der Waals surface area (Å²) in [6.07, 6.45) is 11.6. The molecule has 21 heavy (non-hydrogen) atoms. The van der Waals surface area contributed by atoms with Gasteiger partial charge >= 0.3 is 0 Å². The van der Waals surface area contributed by atoms with Gasteiger partial charge in [-0.25, -0.2) is 9.50 Å². The standard InChI is InChI=1S/C17H28N4/c1-4-5-6-7-8-9-10-18-17-16-13-15(14(2)3)20-21(16)12-11-19-17/h11-14H,4-10H2,1-3H3,(H,18,19). The number of nitrogens with one attached hydrogen (secondary N) is 1. The van der Waals surface area contributed by atoms with E-state index >= 15 is 0 Å². The molecule has 0 aliphatic rings. The maximum Gasteiger partial charge on any atom is 0.152 e. The first-order valence-corrected chi connectivity index (χ1v) is 8.30. The van der Waals surface area contributed by atoms with Crippen molar-refractivity contribution in [3.8, 4) is 0 Å². The molecule has 4 nitrogen and oxygen atoms in total. The Labute approximate surface area is 128 Å². The van der Waals surface area contributed by atoms with Crippen LogP contribution < -0.4 is 5.32 Å². The van der Waals surface area contributed by atoms with E-state index in [-0.39, 0.29) is 0 Å². The van der Waals surface area contributed by atoms with Gasteiger partial charge in [-0.15, -0.1) is 0 Å². The monoisotopic (exact) mass is 288 g/mol. The van der Waals surface area contributed by atoms with Gasteiger partial charge in [0.25, 0.3) is 0 Å². The lowest BCUT2D eigenvalue weighted by molar-refractivity contribution is 0.617. The molecule has 0 aliphatic heterocycles. The van der Waals surface area contributed by atoms with E-state index in [1.54, 1.807) is 0 Å². The van der Waals surface area contributed by atoms with Crippen molar-refractivity contribution >= 4 is 11.3 Å². The zero-order chi connectivity index (χ0) is 15.1. The number of nitrogens with zero attached hydrogens (tertiary/aromatic N) is 3. The van der Waals surface area contributed by atoms with E-state index < -0.39 is 0 Å². The van der Waals surface area contributed by atoms with E-state index in [0.29, 0.717) is 5.92 Å². The number of unbranched alkanes of at least 4 members (excludes halogenated alkanes) is 5. The highest BCUT2D eigenvalue weighted by molar-refractivity contribution is 5.67. The van der Waals surface area contributed by atoms with E-state index in [2.05, 4.69) is 42.2 Å². The Morgan fingerprint density at radius 3 is 2.67 bits per heavy atom. The van der Waals surface area contributed by atoms with E-state index in [0.717, 1.165) is 23.6 Å². The highest BCUT2D eigenvalue weighted by Gasteiger charge is 2.09. The lowest BCUT2D eigenvalue weighted by atomic mass is 10.1. The van der Waals surface area contributed by atoms with Crippen LogP contribution in [0.5, 0.6) is 0 Å². The highest BCUT2D eigenvalue weighted by atomic mass is 15.2. The van der Waals surface area contributed by atoms with Gasteiger partial charge in [0.05, 0.1) is 5.69 Å². The van der Waals surface area contributed by atoms with Gasteiger partial charge in [-0.3, -0.25) is 0 Å². The Bertz CT molecular complexity index is 545. The average Bonchev–Trinajstić information content (AvgIpc) is 2.91. The van der Waals surface area contributed by atoms with Crippen molar-refractivity contribution in [2.75, 3.05) is 11.9 Å². The summed E-state index contributed by atoms with van der Waals surface area (Å²) in [6.45, 7) is 7.57. The quantitative estimate of drug-likeness (QED) is 0.684. The van der Waals surface area contributed by atoms with Gasteiger partial charge in [0.15, 0.2) is 5.82 Å². The maximum absolute atomic E-state index is 4.59. The molecule has 2 aromatic heterocycles. The third-order valence-electron chi connectivity index (χ3n) is 3.82. The number of anilines is 1. The Morgan fingerprint density at radius 2 is 1.90 bits per heavy atom. The molecule has 0 aromatic carbocycles. The van der Waals surface area contributed by atoms with Crippen molar-refractivity contribution in [1.82, 2.24) is 14.6 Å². The summed E-state index contributed by atoms with van der Waals surface area (Å²) < 4.78 is 1.92. The lowest BCUT2D eigenvalue weighted by Gasteiger charge is -2.06. The smallest absolute Gasteiger partial charge is 0.152 e. The Balaban J connectivity index is 1.87. The minimum Gasteiger partial charge on any atom is -0.368 e. The van der Waals surface area contributed by atoms with Crippen LogP contribution in [0.3, 0.4) is 0 Å². The lowest BCUT2D eigenvalue weighted by Crippen LogP contribution is -2.05. The second-order valence-electron chi connectivity index (χ2n) is 6.02. The predicted octanol–water partition coefficient (Wildman–Crippen LogP) is 4.63. The van der Waals surface area contributed by atoms with Crippen molar-refractivity contribution in [3.05, 3.63) is 24.2 Å².